The molecule has 0 fully saturated rings. The molecule has 0 radical (unpaired) electrons. The maximum absolute atomic E-state index is 14.2. The fourth-order valence-electron chi connectivity index (χ4n) is 5.53. The van der Waals surface area contributed by atoms with E-state index < -0.39 is 59.9 Å². The zero-order valence-electron chi connectivity index (χ0n) is 35.5. The number of nitrogens with zero attached hydrogens (tertiary/aromatic N) is 10. The first-order valence-corrected chi connectivity index (χ1v) is 20.0. The molecule has 0 aliphatic carbocycles. The molecular weight excluding hydrogens is 962 g/mol. The highest BCUT2D eigenvalue weighted by Crippen LogP contribution is 2.32. The van der Waals surface area contributed by atoms with E-state index in [1.54, 1.807) is 59.3 Å². The number of halogens is 11. The van der Waals surface area contributed by atoms with Gasteiger partial charge in [0, 0.05) is 29.8 Å². The summed E-state index contributed by atoms with van der Waals surface area (Å²) in [4.78, 5) is 15.6. The molecule has 0 bridgehead atoms. The second kappa shape index (κ2) is 20.9. The van der Waals surface area contributed by atoms with E-state index in [1.807, 2.05) is 0 Å². The number of aliphatic hydroxyl groups is 2. The van der Waals surface area contributed by atoms with Gasteiger partial charge in [0.15, 0.2) is 45.5 Å². The third kappa shape index (κ3) is 12.4. The minimum absolute atomic E-state index is 0.00954. The molecule has 2 atom stereocenters. The number of alkyl halides is 6. The quantitative estimate of drug-likeness (QED) is 0.0669. The van der Waals surface area contributed by atoms with E-state index in [0.29, 0.717) is 53.4 Å². The zero-order chi connectivity index (χ0) is 50.3. The molecule has 0 saturated carbocycles. The molecule has 2 unspecified atom stereocenters. The summed E-state index contributed by atoms with van der Waals surface area (Å²) < 4.78 is 142. The maximum atomic E-state index is 14.2. The summed E-state index contributed by atoms with van der Waals surface area (Å²) in [5.74, 6) is -3.08. The summed E-state index contributed by atoms with van der Waals surface area (Å²) in [5, 5.41) is 36.4. The molecule has 0 amide bonds. The third-order valence-corrected chi connectivity index (χ3v) is 9.90. The van der Waals surface area contributed by atoms with Crippen molar-refractivity contribution in [1.29, 1.82) is 0 Å². The molecule has 364 valence electrons. The van der Waals surface area contributed by atoms with Crippen LogP contribution >= 0.6 is 11.6 Å². The van der Waals surface area contributed by atoms with Gasteiger partial charge in [-0.05, 0) is 38.1 Å². The van der Waals surface area contributed by atoms with E-state index in [-0.39, 0.29) is 41.4 Å². The van der Waals surface area contributed by atoms with Crippen molar-refractivity contribution >= 4 is 17.4 Å². The SMILES string of the molecule is CC(O)(CN)C(F)(F)F.CC(O)(CNc1nc(-c2cc(-c3ccon3)n(Cc3ccccc3F)n2)ncc1F)C(F)(F)F.Fc1ccccc1Cn1nc(-c2ncc(F)c(Cl)n2)cc1-c1ccon1. The van der Waals surface area contributed by atoms with Crippen LogP contribution in [0, 0.1) is 23.3 Å². The Hall–Kier alpha value is -7.29. The lowest BCUT2D eigenvalue weighted by atomic mass is 10.1. The molecule has 16 nitrogen and oxygen atoms in total. The van der Waals surface area contributed by atoms with E-state index in [0.717, 1.165) is 12.4 Å². The summed E-state index contributed by atoms with van der Waals surface area (Å²) in [6, 6.07) is 18.8. The lowest BCUT2D eigenvalue weighted by Gasteiger charge is -2.26. The Labute approximate surface area is 387 Å². The molecule has 27 heteroatoms. The standard InChI is InChI=1S/C21H17F5N6O2.C17H10ClF2N5O.C4H8F3NO/c1-20(33,21(24,25)26)11-28-18-14(23)9-27-19(29-18)16-8-17(15-6-7-34-31-15)32(30-16)10-12-4-2-3-5-13(12)22;18-16-12(20)8-21-17(22-16)14-7-15(13-5-6-26-24-13)25(23-14)9-10-3-1-2-4-11(10)19;1-3(9,2-8)4(5,6)7/h2-9,33H,10-11H2,1H3,(H,27,28,29);1-8H,9H2;9H,2,8H2,1H3. The molecular formula is C42H35ClF10N12O4. The molecule has 0 aliphatic rings. The topological polar surface area (TPSA) is 218 Å². The molecule has 69 heavy (non-hydrogen) atoms. The first kappa shape index (κ1) is 51.1. The summed E-state index contributed by atoms with van der Waals surface area (Å²) in [6.45, 7) is -0.507. The number of aromatic nitrogens is 10. The van der Waals surface area contributed by atoms with E-state index in [9.17, 15) is 49.0 Å². The van der Waals surface area contributed by atoms with Crippen LogP contribution in [0.1, 0.15) is 25.0 Å². The van der Waals surface area contributed by atoms with Crippen LogP contribution in [0.15, 0.2) is 107 Å². The van der Waals surface area contributed by atoms with Gasteiger partial charge >= 0.3 is 12.4 Å². The highest BCUT2D eigenvalue weighted by atomic mass is 35.5. The largest absolute Gasteiger partial charge is 0.418 e. The fourth-order valence-corrected chi connectivity index (χ4v) is 5.66. The second-order valence-electron chi connectivity index (χ2n) is 14.9. The van der Waals surface area contributed by atoms with Gasteiger partial charge in [0.05, 0.1) is 43.4 Å². The number of rotatable bonds is 12. The molecule has 8 rings (SSSR count). The molecule has 0 saturated heterocycles. The predicted molar refractivity (Wildman–Crippen MR) is 224 cm³/mol. The second-order valence-corrected chi connectivity index (χ2v) is 15.3. The molecule has 5 N–H and O–H groups in total. The van der Waals surface area contributed by atoms with Crippen LogP contribution in [0.3, 0.4) is 0 Å². The summed E-state index contributed by atoms with van der Waals surface area (Å²) in [7, 11) is 0. The summed E-state index contributed by atoms with van der Waals surface area (Å²) in [5.41, 5.74) is 1.88. The highest BCUT2D eigenvalue weighted by Gasteiger charge is 2.50. The minimum Gasteiger partial charge on any atom is -0.380 e. The summed E-state index contributed by atoms with van der Waals surface area (Å²) in [6.07, 6.45) is -5.08. The lowest BCUT2D eigenvalue weighted by Crippen LogP contribution is -2.48. The van der Waals surface area contributed by atoms with E-state index in [4.69, 9.17) is 25.8 Å². The van der Waals surface area contributed by atoms with Crippen LogP contribution in [0.2, 0.25) is 5.15 Å². The van der Waals surface area contributed by atoms with Crippen molar-refractivity contribution in [2.45, 2.75) is 50.5 Å². The Morgan fingerprint density at radius 3 is 1.46 bits per heavy atom. The molecule has 6 aromatic heterocycles. The van der Waals surface area contributed by atoms with E-state index in [1.165, 1.54) is 35.4 Å². The van der Waals surface area contributed by atoms with Crippen molar-refractivity contribution in [3.05, 3.63) is 137 Å². The van der Waals surface area contributed by atoms with Crippen molar-refractivity contribution in [3.8, 4) is 45.8 Å². The van der Waals surface area contributed by atoms with Gasteiger partial charge in [-0.2, -0.15) is 36.5 Å². The van der Waals surface area contributed by atoms with Crippen LogP contribution in [0.4, 0.5) is 49.7 Å². The Bertz CT molecular complexity index is 2960. The van der Waals surface area contributed by atoms with Gasteiger partial charge in [0.25, 0.3) is 0 Å². The molecule has 0 aliphatic heterocycles. The summed E-state index contributed by atoms with van der Waals surface area (Å²) >= 11 is 5.72. The maximum Gasteiger partial charge on any atom is 0.418 e. The van der Waals surface area contributed by atoms with Crippen molar-refractivity contribution in [2.24, 2.45) is 5.73 Å². The van der Waals surface area contributed by atoms with Gasteiger partial charge < -0.3 is 30.3 Å². The predicted octanol–water partition coefficient (Wildman–Crippen LogP) is 8.28. The van der Waals surface area contributed by atoms with E-state index >= 15 is 0 Å². The van der Waals surface area contributed by atoms with Crippen molar-refractivity contribution in [2.75, 3.05) is 18.4 Å². The average molecular weight is 997 g/mol. The molecule has 0 spiro atoms. The molecule has 6 heterocycles. The number of anilines is 1. The Kier molecular flexibility index (Phi) is 15.5. The van der Waals surface area contributed by atoms with Gasteiger partial charge in [-0.25, -0.2) is 37.5 Å². The van der Waals surface area contributed by atoms with Crippen LogP contribution in [-0.4, -0.2) is 96.7 Å². The smallest absolute Gasteiger partial charge is 0.380 e. The highest BCUT2D eigenvalue weighted by molar-refractivity contribution is 6.29. The number of nitrogens with one attached hydrogen (secondary N) is 1. The Morgan fingerprint density at radius 1 is 0.623 bits per heavy atom. The number of hydrogen-bond acceptors (Lipinski definition) is 14. The number of hydrogen-bond donors (Lipinski definition) is 4. The van der Waals surface area contributed by atoms with Crippen LogP contribution < -0.4 is 11.1 Å². The van der Waals surface area contributed by atoms with Gasteiger partial charge in [0.2, 0.25) is 0 Å². The van der Waals surface area contributed by atoms with Crippen molar-refractivity contribution in [3.63, 3.8) is 0 Å². The van der Waals surface area contributed by atoms with Crippen LogP contribution in [0.25, 0.3) is 45.8 Å². The first-order valence-electron chi connectivity index (χ1n) is 19.7. The normalized spacial score (nSPS) is 13.4. The third-order valence-electron chi connectivity index (χ3n) is 9.64. The van der Waals surface area contributed by atoms with Crippen molar-refractivity contribution in [1.82, 2.24) is 49.8 Å². The van der Waals surface area contributed by atoms with E-state index in [2.05, 4.69) is 51.5 Å². The number of nitrogens with two attached hydrogens (primary N) is 1. The van der Waals surface area contributed by atoms with Gasteiger partial charge in [0.1, 0.15) is 46.9 Å². The molecule has 8 aromatic rings. The van der Waals surface area contributed by atoms with Crippen LogP contribution in [0.5, 0.6) is 0 Å². The van der Waals surface area contributed by atoms with Gasteiger partial charge in [-0.3, -0.25) is 9.36 Å². The zero-order valence-corrected chi connectivity index (χ0v) is 36.2. The Morgan fingerprint density at radius 2 is 1.07 bits per heavy atom. The lowest BCUT2D eigenvalue weighted by molar-refractivity contribution is -0.248. The fraction of sp³-hybridized carbons (Fsp3) is 0.238. The van der Waals surface area contributed by atoms with Crippen LogP contribution in [-0.2, 0) is 13.1 Å². The van der Waals surface area contributed by atoms with Crippen molar-refractivity contribution < 1.29 is 63.2 Å². The molecule has 2 aromatic carbocycles. The van der Waals surface area contributed by atoms with Gasteiger partial charge in [-0.15, -0.1) is 0 Å². The number of benzene rings is 2. The minimum atomic E-state index is -4.94. The first-order chi connectivity index (χ1) is 32.5. The Balaban J connectivity index is 0.000000197. The van der Waals surface area contributed by atoms with Gasteiger partial charge in [-0.1, -0.05) is 58.3 Å². The average Bonchev–Trinajstić information content (AvgIpc) is 4.14. The monoisotopic (exact) mass is 996 g/mol.